The molecular weight excluding hydrogens is 540 g/mol. The molecule has 0 bridgehead atoms. The zero-order valence-electron chi connectivity index (χ0n) is 23.0. The first-order valence-corrected chi connectivity index (χ1v) is 14.7. The molecule has 0 aliphatic heterocycles. The van der Waals surface area contributed by atoms with Crippen LogP contribution in [0.4, 0.5) is 5.69 Å². The first-order chi connectivity index (χ1) is 19.7. The van der Waals surface area contributed by atoms with Gasteiger partial charge in [-0.25, -0.2) is 0 Å². The van der Waals surface area contributed by atoms with E-state index in [4.69, 9.17) is 4.74 Å². The molecule has 1 heterocycles. The van der Waals surface area contributed by atoms with Crippen LogP contribution in [-0.4, -0.2) is 66.6 Å². The number of aliphatic hydroxyl groups excluding tert-OH is 1. The fourth-order valence-electron chi connectivity index (χ4n) is 4.72. The minimum atomic E-state index is -3.83. The van der Waals surface area contributed by atoms with Crippen molar-refractivity contribution >= 4 is 37.7 Å². The number of phenols is 1. The molecule has 10 heteroatoms. The molecular formula is C31H34N4O5S. The van der Waals surface area contributed by atoms with E-state index in [0.717, 1.165) is 32.0 Å². The van der Waals surface area contributed by atoms with Crippen molar-refractivity contribution < 1.29 is 23.4 Å². The van der Waals surface area contributed by atoms with Crippen molar-refractivity contribution in [2.45, 2.75) is 12.6 Å². The van der Waals surface area contributed by atoms with Gasteiger partial charge in [0.2, 0.25) is 0 Å². The molecule has 0 radical (unpaired) electrons. The third-order valence-corrected chi connectivity index (χ3v) is 8.40. The van der Waals surface area contributed by atoms with Gasteiger partial charge in [0.25, 0.3) is 0 Å². The largest absolute Gasteiger partial charge is 0.506 e. The zero-order chi connectivity index (χ0) is 29.0. The molecule has 214 valence electrons. The lowest BCUT2D eigenvalue weighted by Gasteiger charge is -2.26. The predicted octanol–water partition coefficient (Wildman–Crippen LogP) is 4.86. The van der Waals surface area contributed by atoms with Crippen LogP contribution in [0.25, 0.3) is 21.8 Å². The number of para-hydroxylation sites is 1. The monoisotopic (exact) mass is 574 g/mol. The second-order valence-corrected chi connectivity index (χ2v) is 12.0. The SMILES string of the molecule is CN(C)S(=O)(=O)Nc1cc(C(O)CN(CCOc2ccc3c(c2)[nH]c2ccccc23)Cc2ccccc2)ccc1O. The molecule has 9 nitrogen and oxygen atoms in total. The number of aromatic hydroxyl groups is 1. The number of hydrogen-bond donors (Lipinski definition) is 4. The maximum atomic E-state index is 12.3. The highest BCUT2D eigenvalue weighted by Gasteiger charge is 2.19. The quantitative estimate of drug-likeness (QED) is 0.158. The van der Waals surface area contributed by atoms with E-state index in [-0.39, 0.29) is 18.0 Å². The second-order valence-electron chi connectivity index (χ2n) is 10.1. The summed E-state index contributed by atoms with van der Waals surface area (Å²) in [5.41, 5.74) is 3.65. The molecule has 0 saturated heterocycles. The summed E-state index contributed by atoms with van der Waals surface area (Å²) in [7, 11) is -1.05. The minimum absolute atomic E-state index is 0.000521. The fourth-order valence-corrected chi connectivity index (χ4v) is 5.34. The molecule has 0 saturated carbocycles. The van der Waals surface area contributed by atoms with Crippen molar-refractivity contribution in [2.24, 2.45) is 0 Å². The van der Waals surface area contributed by atoms with Gasteiger partial charge in [-0.1, -0.05) is 54.6 Å². The second kappa shape index (κ2) is 12.2. The summed E-state index contributed by atoms with van der Waals surface area (Å²) < 4.78 is 34.0. The molecule has 5 aromatic rings. The van der Waals surface area contributed by atoms with Gasteiger partial charge in [0.1, 0.15) is 18.1 Å². The number of nitrogens with one attached hydrogen (secondary N) is 2. The van der Waals surface area contributed by atoms with Gasteiger partial charge in [0, 0.05) is 56.1 Å². The number of H-pyrrole nitrogens is 1. The molecule has 5 rings (SSSR count). The van der Waals surface area contributed by atoms with E-state index >= 15 is 0 Å². The number of nitrogens with zero attached hydrogens (tertiary/aromatic N) is 2. The lowest BCUT2D eigenvalue weighted by atomic mass is 10.1. The van der Waals surface area contributed by atoms with Crippen LogP contribution in [0.1, 0.15) is 17.2 Å². The summed E-state index contributed by atoms with van der Waals surface area (Å²) in [6.45, 7) is 1.79. The third kappa shape index (κ3) is 6.80. The van der Waals surface area contributed by atoms with E-state index in [2.05, 4.69) is 32.8 Å². The summed E-state index contributed by atoms with van der Waals surface area (Å²) in [6.07, 6.45) is -0.940. The molecule has 0 aliphatic rings. The van der Waals surface area contributed by atoms with Gasteiger partial charge in [0.15, 0.2) is 0 Å². The number of aliphatic hydroxyl groups is 1. The van der Waals surface area contributed by atoms with E-state index in [1.807, 2.05) is 54.6 Å². The van der Waals surface area contributed by atoms with E-state index in [9.17, 15) is 18.6 Å². The smallest absolute Gasteiger partial charge is 0.301 e. The van der Waals surface area contributed by atoms with Crippen LogP contribution in [0, 0.1) is 0 Å². The van der Waals surface area contributed by atoms with Crippen LogP contribution >= 0.6 is 0 Å². The van der Waals surface area contributed by atoms with Crippen LogP contribution in [0.15, 0.2) is 91.0 Å². The molecule has 1 atom stereocenters. The average Bonchev–Trinajstić information content (AvgIpc) is 3.32. The van der Waals surface area contributed by atoms with E-state index in [1.165, 1.54) is 31.6 Å². The Morgan fingerprint density at radius 1 is 0.902 bits per heavy atom. The van der Waals surface area contributed by atoms with Crippen LogP contribution in [0.5, 0.6) is 11.5 Å². The molecule has 4 N–H and O–H groups in total. The molecule has 41 heavy (non-hydrogen) atoms. The van der Waals surface area contributed by atoms with Crippen LogP contribution in [0.3, 0.4) is 0 Å². The van der Waals surface area contributed by atoms with Crippen molar-refractivity contribution in [3.63, 3.8) is 0 Å². The predicted molar refractivity (Wildman–Crippen MR) is 162 cm³/mol. The van der Waals surface area contributed by atoms with Crippen molar-refractivity contribution in [3.8, 4) is 11.5 Å². The number of fused-ring (bicyclic) bond motifs is 3. The Morgan fingerprint density at radius 3 is 2.41 bits per heavy atom. The lowest BCUT2D eigenvalue weighted by Crippen LogP contribution is -2.32. The van der Waals surface area contributed by atoms with Crippen molar-refractivity contribution in [1.29, 1.82) is 0 Å². The van der Waals surface area contributed by atoms with Gasteiger partial charge in [-0.2, -0.15) is 12.7 Å². The van der Waals surface area contributed by atoms with E-state index < -0.39 is 16.3 Å². The highest BCUT2D eigenvalue weighted by molar-refractivity contribution is 7.90. The highest BCUT2D eigenvalue weighted by atomic mass is 32.2. The summed E-state index contributed by atoms with van der Waals surface area (Å²) in [5.74, 6) is 0.522. The standard InChI is InChI=1S/C31H34N4O5S/c1-34(2)41(38,39)33-29-18-23(12-15-30(29)36)31(37)21-35(20-22-8-4-3-5-9-22)16-17-40-24-13-14-26-25-10-6-7-11-27(25)32-28(26)19-24/h3-15,18-19,31-33,36-37H,16-17,20-21H2,1-2H3. The Hall–Kier alpha value is -4.09. The number of aromatic amines is 1. The Balaban J connectivity index is 1.29. The van der Waals surface area contributed by atoms with Gasteiger partial charge in [-0.15, -0.1) is 0 Å². The molecule has 0 aliphatic carbocycles. The first-order valence-electron chi connectivity index (χ1n) is 13.3. The Labute approximate surface area is 239 Å². The first kappa shape index (κ1) is 28.4. The summed E-state index contributed by atoms with van der Waals surface area (Å²) in [4.78, 5) is 5.52. The maximum Gasteiger partial charge on any atom is 0.301 e. The molecule has 0 amide bonds. The van der Waals surface area contributed by atoms with Gasteiger partial charge in [0.05, 0.1) is 17.3 Å². The number of phenolic OH excluding ortho intramolecular Hbond substituents is 1. The molecule has 4 aromatic carbocycles. The number of benzene rings is 4. The maximum absolute atomic E-state index is 12.3. The highest BCUT2D eigenvalue weighted by Crippen LogP contribution is 2.30. The third-order valence-electron chi connectivity index (χ3n) is 6.96. The van der Waals surface area contributed by atoms with E-state index in [1.54, 1.807) is 6.07 Å². The summed E-state index contributed by atoms with van der Waals surface area (Å²) >= 11 is 0. The van der Waals surface area contributed by atoms with Crippen molar-refractivity contribution in [2.75, 3.05) is 38.5 Å². The van der Waals surface area contributed by atoms with E-state index in [0.29, 0.717) is 25.3 Å². The minimum Gasteiger partial charge on any atom is -0.506 e. The lowest BCUT2D eigenvalue weighted by molar-refractivity contribution is 0.0986. The Bertz CT molecular complexity index is 1740. The van der Waals surface area contributed by atoms with Gasteiger partial charge in [-0.05, 0) is 41.5 Å². The van der Waals surface area contributed by atoms with Crippen molar-refractivity contribution in [1.82, 2.24) is 14.2 Å². The van der Waals surface area contributed by atoms with Gasteiger partial charge in [-0.3, -0.25) is 9.62 Å². The molecule has 1 aromatic heterocycles. The Kier molecular flexibility index (Phi) is 8.46. The molecule has 0 spiro atoms. The zero-order valence-corrected chi connectivity index (χ0v) is 23.8. The van der Waals surface area contributed by atoms with Crippen LogP contribution in [0.2, 0.25) is 0 Å². The summed E-state index contributed by atoms with van der Waals surface area (Å²) in [6, 6.07) is 28.6. The number of aromatic nitrogens is 1. The average molecular weight is 575 g/mol. The number of ether oxygens (including phenoxy) is 1. The number of anilines is 1. The van der Waals surface area contributed by atoms with Gasteiger partial charge >= 0.3 is 10.2 Å². The number of rotatable bonds is 12. The topological polar surface area (TPSA) is 118 Å². The molecule has 1 unspecified atom stereocenters. The number of hydrogen-bond acceptors (Lipinski definition) is 6. The normalized spacial score (nSPS) is 12.8. The fraction of sp³-hybridized carbons (Fsp3) is 0.226. The van der Waals surface area contributed by atoms with Gasteiger partial charge < -0.3 is 19.9 Å². The van der Waals surface area contributed by atoms with Crippen molar-refractivity contribution in [3.05, 3.63) is 102 Å². The van der Waals surface area contributed by atoms with Crippen LogP contribution in [-0.2, 0) is 16.8 Å². The molecule has 0 fully saturated rings. The Morgan fingerprint density at radius 2 is 1.63 bits per heavy atom. The van der Waals surface area contributed by atoms with Crippen LogP contribution < -0.4 is 9.46 Å². The summed E-state index contributed by atoms with van der Waals surface area (Å²) in [5, 5.41) is 23.7.